The van der Waals surface area contributed by atoms with Gasteiger partial charge < -0.3 is 10.1 Å². The van der Waals surface area contributed by atoms with E-state index in [0.29, 0.717) is 35.4 Å². The first-order chi connectivity index (χ1) is 14.8. The second-order valence-electron chi connectivity index (χ2n) is 7.78. The third kappa shape index (κ3) is 3.50. The first kappa shape index (κ1) is 20.1. The van der Waals surface area contributed by atoms with E-state index in [1.807, 2.05) is 30.3 Å². The van der Waals surface area contributed by atoms with E-state index in [2.05, 4.69) is 21.2 Å². The highest BCUT2D eigenvalue weighted by Gasteiger charge is 2.46. The molecule has 1 amide bonds. The molecule has 0 bridgehead atoms. The van der Waals surface area contributed by atoms with Crippen molar-refractivity contribution < 1.29 is 22.7 Å². The van der Waals surface area contributed by atoms with E-state index in [1.165, 1.54) is 10.6 Å². The fourth-order valence-corrected chi connectivity index (χ4v) is 5.10. The molecule has 2 aromatic carbocycles. The molecule has 0 saturated heterocycles. The Hall–Kier alpha value is -2.81. The number of benzene rings is 2. The lowest BCUT2D eigenvalue weighted by Crippen LogP contribution is -2.52. The molecule has 31 heavy (non-hydrogen) atoms. The Morgan fingerprint density at radius 2 is 1.97 bits per heavy atom. The third-order valence-electron chi connectivity index (χ3n) is 5.76. The van der Waals surface area contributed by atoms with E-state index in [-0.39, 0.29) is 11.8 Å². The summed E-state index contributed by atoms with van der Waals surface area (Å²) in [5.74, 6) is 0.811. The zero-order chi connectivity index (χ0) is 21.8. The van der Waals surface area contributed by atoms with Crippen molar-refractivity contribution >= 4 is 22.0 Å². The SMILES string of the molecule is O=C1N[C@@]2(CCc3cc(OCC(F)(F)F)ccc32)Cc2nc(-c3ccccc3)c(Br)n21. The van der Waals surface area contributed by atoms with E-state index in [0.717, 1.165) is 16.7 Å². The number of alkyl halides is 3. The molecule has 3 aromatic rings. The summed E-state index contributed by atoms with van der Waals surface area (Å²) in [5.41, 5.74) is 2.73. The molecule has 5 nitrogen and oxygen atoms in total. The van der Waals surface area contributed by atoms with Crippen molar-refractivity contribution in [1.29, 1.82) is 0 Å². The number of amides is 1. The van der Waals surface area contributed by atoms with Crippen molar-refractivity contribution in [3.05, 3.63) is 70.1 Å². The minimum atomic E-state index is -4.39. The van der Waals surface area contributed by atoms with Gasteiger partial charge in [0, 0.05) is 12.0 Å². The fraction of sp³-hybridized carbons (Fsp3) is 0.273. The van der Waals surface area contributed by atoms with Crippen molar-refractivity contribution in [2.45, 2.75) is 31.0 Å². The minimum absolute atomic E-state index is 0.172. The molecule has 1 aliphatic heterocycles. The van der Waals surface area contributed by atoms with Crippen LogP contribution in [-0.4, -0.2) is 28.4 Å². The Bertz CT molecular complexity index is 1180. The zero-order valence-electron chi connectivity index (χ0n) is 16.2. The minimum Gasteiger partial charge on any atom is -0.484 e. The Kier molecular flexibility index (Phi) is 4.62. The number of carbonyl (C=O) groups excluding carboxylic acids is 1. The van der Waals surface area contributed by atoms with Crippen LogP contribution in [0.4, 0.5) is 18.0 Å². The number of nitrogens with zero attached hydrogens (tertiary/aromatic N) is 2. The first-order valence-corrected chi connectivity index (χ1v) is 10.5. The van der Waals surface area contributed by atoms with Crippen LogP contribution in [0.15, 0.2) is 53.1 Å². The fourth-order valence-electron chi connectivity index (χ4n) is 4.42. The number of fused-ring (bicyclic) bond motifs is 3. The molecule has 5 rings (SSSR count). The second kappa shape index (κ2) is 7.12. The maximum Gasteiger partial charge on any atom is 0.422 e. The highest BCUT2D eigenvalue weighted by atomic mass is 79.9. The van der Waals surface area contributed by atoms with Gasteiger partial charge in [-0.15, -0.1) is 0 Å². The van der Waals surface area contributed by atoms with Crippen LogP contribution >= 0.6 is 15.9 Å². The zero-order valence-corrected chi connectivity index (χ0v) is 17.8. The number of hydrogen-bond donors (Lipinski definition) is 1. The summed E-state index contributed by atoms with van der Waals surface area (Å²) in [5, 5.41) is 3.12. The van der Waals surface area contributed by atoms with Crippen molar-refractivity contribution in [2.24, 2.45) is 0 Å². The molecule has 160 valence electrons. The number of ether oxygens (including phenoxy) is 1. The van der Waals surface area contributed by atoms with Crippen molar-refractivity contribution in [3.63, 3.8) is 0 Å². The molecule has 0 radical (unpaired) electrons. The summed E-state index contributed by atoms with van der Waals surface area (Å²) in [6.45, 7) is -1.33. The van der Waals surface area contributed by atoms with Crippen LogP contribution in [0.1, 0.15) is 23.4 Å². The van der Waals surface area contributed by atoms with Crippen LogP contribution < -0.4 is 10.1 Å². The molecule has 0 fully saturated rings. The van der Waals surface area contributed by atoms with Gasteiger partial charge in [0.25, 0.3) is 0 Å². The van der Waals surface area contributed by atoms with Crippen LogP contribution in [0.2, 0.25) is 0 Å². The monoisotopic (exact) mass is 491 g/mol. The normalized spacial score (nSPS) is 19.8. The summed E-state index contributed by atoms with van der Waals surface area (Å²) in [6, 6.07) is 14.2. The summed E-state index contributed by atoms with van der Waals surface area (Å²) in [4.78, 5) is 17.8. The highest BCUT2D eigenvalue weighted by Crippen LogP contribution is 2.44. The largest absolute Gasteiger partial charge is 0.484 e. The lowest BCUT2D eigenvalue weighted by Gasteiger charge is -2.35. The predicted octanol–water partition coefficient (Wildman–Crippen LogP) is 5.21. The molecule has 1 spiro atoms. The molecular formula is C22H17BrF3N3O2. The highest BCUT2D eigenvalue weighted by molar-refractivity contribution is 9.10. The van der Waals surface area contributed by atoms with E-state index in [9.17, 15) is 18.0 Å². The molecule has 2 heterocycles. The number of carbonyl (C=O) groups is 1. The molecular weight excluding hydrogens is 475 g/mol. The Balaban J connectivity index is 1.48. The summed E-state index contributed by atoms with van der Waals surface area (Å²) >= 11 is 3.52. The van der Waals surface area contributed by atoms with E-state index in [4.69, 9.17) is 9.72 Å². The molecule has 9 heteroatoms. The number of nitrogens with one attached hydrogen (secondary N) is 1. The lowest BCUT2D eigenvalue weighted by molar-refractivity contribution is -0.153. The van der Waals surface area contributed by atoms with Crippen LogP contribution in [-0.2, 0) is 18.4 Å². The first-order valence-electron chi connectivity index (χ1n) is 9.74. The van der Waals surface area contributed by atoms with Gasteiger partial charge in [0.15, 0.2) is 6.61 Å². The molecule has 0 unspecified atom stereocenters. The number of rotatable bonds is 3. The van der Waals surface area contributed by atoms with Gasteiger partial charge in [0.2, 0.25) is 0 Å². The Morgan fingerprint density at radius 1 is 1.19 bits per heavy atom. The quantitative estimate of drug-likeness (QED) is 0.547. The number of imidazole rings is 1. The Labute approximate surface area is 184 Å². The van der Waals surface area contributed by atoms with Gasteiger partial charge in [-0.05, 0) is 52.0 Å². The molecule has 1 N–H and O–H groups in total. The topological polar surface area (TPSA) is 56.1 Å². The van der Waals surface area contributed by atoms with E-state index in [1.54, 1.807) is 12.1 Å². The van der Waals surface area contributed by atoms with Crippen LogP contribution in [0.3, 0.4) is 0 Å². The predicted molar refractivity (Wildman–Crippen MR) is 111 cm³/mol. The molecule has 1 aliphatic carbocycles. The summed E-state index contributed by atoms with van der Waals surface area (Å²) in [7, 11) is 0. The molecule has 0 saturated carbocycles. The van der Waals surface area contributed by atoms with Crippen molar-refractivity contribution in [2.75, 3.05) is 6.61 Å². The van der Waals surface area contributed by atoms with Gasteiger partial charge >= 0.3 is 12.2 Å². The third-order valence-corrected chi connectivity index (χ3v) is 6.49. The van der Waals surface area contributed by atoms with Gasteiger partial charge in [0.1, 0.15) is 21.9 Å². The van der Waals surface area contributed by atoms with Gasteiger partial charge in [-0.25, -0.2) is 14.3 Å². The maximum atomic E-state index is 13.0. The average Bonchev–Trinajstić information content (AvgIpc) is 3.24. The number of halogens is 4. The van der Waals surface area contributed by atoms with Gasteiger partial charge in [-0.2, -0.15) is 13.2 Å². The van der Waals surface area contributed by atoms with Gasteiger partial charge in [-0.3, -0.25) is 0 Å². The molecule has 1 atom stereocenters. The van der Waals surface area contributed by atoms with Gasteiger partial charge in [-0.1, -0.05) is 36.4 Å². The average molecular weight is 492 g/mol. The molecule has 2 aliphatic rings. The number of hydrogen-bond acceptors (Lipinski definition) is 3. The second-order valence-corrected chi connectivity index (χ2v) is 8.53. The lowest BCUT2D eigenvalue weighted by atomic mass is 9.86. The molecule has 1 aromatic heterocycles. The maximum absolute atomic E-state index is 13.0. The van der Waals surface area contributed by atoms with Crippen molar-refractivity contribution in [1.82, 2.24) is 14.9 Å². The smallest absolute Gasteiger partial charge is 0.422 e. The van der Waals surface area contributed by atoms with E-state index >= 15 is 0 Å². The number of aromatic nitrogens is 2. The standard InChI is InChI=1S/C22H17BrF3N3O2/c23-19-18(13-4-2-1-3-5-13)27-17-11-21(28-20(30)29(17)19)9-8-14-10-15(6-7-16(14)21)31-12-22(24,25)26/h1-7,10H,8-9,11-12H2,(H,28,30)/t21-/m0/s1. The summed E-state index contributed by atoms with van der Waals surface area (Å²) in [6.07, 6.45) is -2.63. The van der Waals surface area contributed by atoms with Crippen LogP contribution in [0.25, 0.3) is 11.3 Å². The van der Waals surface area contributed by atoms with Crippen LogP contribution in [0, 0.1) is 0 Å². The Morgan fingerprint density at radius 3 is 2.71 bits per heavy atom. The number of aryl methyl sites for hydroxylation is 1. The van der Waals surface area contributed by atoms with E-state index < -0.39 is 18.3 Å². The van der Waals surface area contributed by atoms with Crippen LogP contribution in [0.5, 0.6) is 5.75 Å². The summed E-state index contributed by atoms with van der Waals surface area (Å²) < 4.78 is 44.4. The van der Waals surface area contributed by atoms with Crippen molar-refractivity contribution in [3.8, 4) is 17.0 Å². The van der Waals surface area contributed by atoms with Gasteiger partial charge in [0.05, 0.1) is 5.54 Å².